The fraction of sp³-hybridized carbons (Fsp3) is 0.333. The van der Waals surface area contributed by atoms with E-state index in [4.69, 9.17) is 0 Å². The summed E-state index contributed by atoms with van der Waals surface area (Å²) in [5.41, 5.74) is 4.14. The van der Waals surface area contributed by atoms with E-state index in [0.717, 1.165) is 30.6 Å². The lowest BCUT2D eigenvalue weighted by Crippen LogP contribution is -2.02. The second-order valence-electron chi connectivity index (χ2n) is 4.65. The lowest BCUT2D eigenvalue weighted by molar-refractivity contribution is 0.111. The third-order valence-corrected chi connectivity index (χ3v) is 3.35. The summed E-state index contributed by atoms with van der Waals surface area (Å²) < 4.78 is 2.00. The fourth-order valence-corrected chi connectivity index (χ4v) is 2.09. The largest absolute Gasteiger partial charge is 0.335 e. The highest BCUT2D eigenvalue weighted by Crippen LogP contribution is 2.12. The van der Waals surface area contributed by atoms with Gasteiger partial charge in [-0.1, -0.05) is 29.8 Å². The average Bonchev–Trinajstić information content (AvgIpc) is 2.65. The maximum atomic E-state index is 11.0. The van der Waals surface area contributed by atoms with E-state index in [1.165, 1.54) is 11.1 Å². The predicted octanol–water partition coefficient (Wildman–Crippen LogP) is 2.63. The number of hydrogen-bond donors (Lipinski definition) is 0. The van der Waals surface area contributed by atoms with Crippen LogP contribution in [0.25, 0.3) is 0 Å². The van der Waals surface area contributed by atoms with Crippen LogP contribution >= 0.6 is 0 Å². The van der Waals surface area contributed by atoms with Gasteiger partial charge in [-0.25, -0.2) is 4.98 Å². The van der Waals surface area contributed by atoms with Gasteiger partial charge in [0.25, 0.3) is 0 Å². The number of nitrogens with zero attached hydrogens (tertiary/aromatic N) is 2. The Morgan fingerprint density at radius 1 is 1.17 bits per heavy atom. The standard InChI is InChI=1S/C15H18N2O/c1-11-4-6-13(7-5-11)8-9-15-14(10-18)16-12(2)17(15)3/h4-7,10H,8-9H2,1-3H3. The van der Waals surface area contributed by atoms with Gasteiger partial charge in [0.2, 0.25) is 0 Å². The van der Waals surface area contributed by atoms with Crippen molar-refractivity contribution >= 4 is 6.29 Å². The van der Waals surface area contributed by atoms with E-state index < -0.39 is 0 Å². The number of carbonyl (C=O) groups is 1. The zero-order valence-corrected chi connectivity index (χ0v) is 11.1. The van der Waals surface area contributed by atoms with Crippen LogP contribution in [0.1, 0.15) is 33.1 Å². The highest BCUT2D eigenvalue weighted by molar-refractivity contribution is 5.73. The van der Waals surface area contributed by atoms with Crippen molar-refractivity contribution < 1.29 is 4.79 Å². The van der Waals surface area contributed by atoms with Crippen LogP contribution in [0.2, 0.25) is 0 Å². The van der Waals surface area contributed by atoms with Crippen LogP contribution in [0.5, 0.6) is 0 Å². The van der Waals surface area contributed by atoms with E-state index in [2.05, 4.69) is 36.2 Å². The van der Waals surface area contributed by atoms with Crippen LogP contribution < -0.4 is 0 Å². The number of carbonyl (C=O) groups excluding carboxylic acids is 1. The van der Waals surface area contributed by atoms with E-state index in [1.54, 1.807) is 0 Å². The minimum Gasteiger partial charge on any atom is -0.335 e. The smallest absolute Gasteiger partial charge is 0.170 e. The van der Waals surface area contributed by atoms with Gasteiger partial charge < -0.3 is 4.57 Å². The second kappa shape index (κ2) is 5.17. The van der Waals surface area contributed by atoms with Gasteiger partial charge in [-0.05, 0) is 32.3 Å². The van der Waals surface area contributed by atoms with Crippen molar-refractivity contribution in [2.24, 2.45) is 7.05 Å². The average molecular weight is 242 g/mol. The molecule has 0 radical (unpaired) electrons. The number of hydrogen-bond acceptors (Lipinski definition) is 2. The Bertz CT molecular complexity index is 553. The summed E-state index contributed by atoms with van der Waals surface area (Å²) in [4.78, 5) is 15.2. The first-order chi connectivity index (χ1) is 8.61. The number of rotatable bonds is 4. The first kappa shape index (κ1) is 12.6. The molecule has 1 aromatic heterocycles. The molecule has 2 aromatic rings. The zero-order valence-electron chi connectivity index (χ0n) is 11.1. The minimum absolute atomic E-state index is 0.571. The Morgan fingerprint density at radius 2 is 1.83 bits per heavy atom. The first-order valence-corrected chi connectivity index (χ1v) is 6.14. The SMILES string of the molecule is Cc1ccc(CCc2c(C=O)nc(C)n2C)cc1. The molecule has 0 saturated heterocycles. The predicted molar refractivity (Wildman–Crippen MR) is 71.9 cm³/mol. The topological polar surface area (TPSA) is 34.9 Å². The quantitative estimate of drug-likeness (QED) is 0.772. The molecule has 0 unspecified atom stereocenters. The molecule has 0 spiro atoms. The molecule has 0 N–H and O–H groups in total. The van der Waals surface area contributed by atoms with E-state index in [0.29, 0.717) is 5.69 Å². The van der Waals surface area contributed by atoms with E-state index in [1.807, 2.05) is 18.5 Å². The number of imidazole rings is 1. The molecular weight excluding hydrogens is 224 g/mol. The van der Waals surface area contributed by atoms with Crippen molar-refractivity contribution in [3.63, 3.8) is 0 Å². The molecule has 0 aliphatic carbocycles. The second-order valence-corrected chi connectivity index (χ2v) is 4.65. The summed E-state index contributed by atoms with van der Waals surface area (Å²) in [6.45, 7) is 4.00. The van der Waals surface area contributed by atoms with Gasteiger partial charge in [-0.2, -0.15) is 0 Å². The fourth-order valence-electron chi connectivity index (χ4n) is 2.09. The molecule has 1 heterocycles. The molecule has 0 amide bonds. The van der Waals surface area contributed by atoms with Crippen LogP contribution in [-0.2, 0) is 19.9 Å². The van der Waals surface area contributed by atoms with Gasteiger partial charge in [0, 0.05) is 12.7 Å². The molecular formula is C15H18N2O. The molecule has 0 fully saturated rings. The van der Waals surface area contributed by atoms with Gasteiger partial charge in [0.05, 0.1) is 0 Å². The van der Waals surface area contributed by atoms with Crippen molar-refractivity contribution in [3.8, 4) is 0 Å². The maximum absolute atomic E-state index is 11.0. The molecule has 0 bridgehead atoms. The molecule has 94 valence electrons. The summed E-state index contributed by atoms with van der Waals surface area (Å²) in [6, 6.07) is 8.51. The van der Waals surface area contributed by atoms with Crippen molar-refractivity contribution in [2.45, 2.75) is 26.7 Å². The minimum atomic E-state index is 0.571. The molecule has 0 aliphatic heterocycles. The van der Waals surface area contributed by atoms with Gasteiger partial charge in [0.15, 0.2) is 6.29 Å². The highest BCUT2D eigenvalue weighted by atomic mass is 16.1. The van der Waals surface area contributed by atoms with Crippen LogP contribution in [0.15, 0.2) is 24.3 Å². The van der Waals surface area contributed by atoms with Crippen LogP contribution in [0.4, 0.5) is 0 Å². The number of aromatic nitrogens is 2. The molecule has 0 atom stereocenters. The normalized spacial score (nSPS) is 10.6. The molecule has 2 rings (SSSR count). The monoisotopic (exact) mass is 242 g/mol. The van der Waals surface area contributed by atoms with Crippen molar-refractivity contribution in [1.29, 1.82) is 0 Å². The number of benzene rings is 1. The Hall–Kier alpha value is -1.90. The third kappa shape index (κ3) is 2.50. The van der Waals surface area contributed by atoms with Crippen molar-refractivity contribution in [1.82, 2.24) is 9.55 Å². The summed E-state index contributed by atoms with van der Waals surface area (Å²) in [5, 5.41) is 0. The Morgan fingerprint density at radius 3 is 2.44 bits per heavy atom. The van der Waals surface area contributed by atoms with Gasteiger partial charge in [-0.3, -0.25) is 4.79 Å². The molecule has 3 nitrogen and oxygen atoms in total. The summed E-state index contributed by atoms with van der Waals surface area (Å²) in [5.74, 6) is 0.885. The number of aryl methyl sites for hydroxylation is 3. The van der Waals surface area contributed by atoms with Crippen LogP contribution in [-0.4, -0.2) is 15.8 Å². The van der Waals surface area contributed by atoms with Gasteiger partial charge >= 0.3 is 0 Å². The van der Waals surface area contributed by atoms with Gasteiger partial charge in [0.1, 0.15) is 11.5 Å². The summed E-state index contributed by atoms with van der Waals surface area (Å²) in [6.07, 6.45) is 2.62. The lowest BCUT2D eigenvalue weighted by atomic mass is 10.1. The van der Waals surface area contributed by atoms with E-state index in [9.17, 15) is 4.79 Å². The summed E-state index contributed by atoms with van der Waals surface area (Å²) >= 11 is 0. The van der Waals surface area contributed by atoms with E-state index in [-0.39, 0.29) is 0 Å². The Kier molecular flexibility index (Phi) is 3.60. The molecule has 0 aliphatic rings. The van der Waals surface area contributed by atoms with Crippen LogP contribution in [0, 0.1) is 13.8 Å². The van der Waals surface area contributed by atoms with Crippen molar-refractivity contribution in [3.05, 3.63) is 52.6 Å². The molecule has 18 heavy (non-hydrogen) atoms. The number of aldehydes is 1. The first-order valence-electron chi connectivity index (χ1n) is 6.14. The molecule has 3 heteroatoms. The van der Waals surface area contributed by atoms with E-state index >= 15 is 0 Å². The van der Waals surface area contributed by atoms with Gasteiger partial charge in [-0.15, -0.1) is 0 Å². The Labute approximate surface area is 107 Å². The molecule has 1 aromatic carbocycles. The third-order valence-electron chi connectivity index (χ3n) is 3.35. The van der Waals surface area contributed by atoms with Crippen LogP contribution in [0.3, 0.4) is 0 Å². The highest BCUT2D eigenvalue weighted by Gasteiger charge is 2.11. The summed E-state index contributed by atoms with van der Waals surface area (Å²) in [7, 11) is 1.96. The Balaban J connectivity index is 2.15. The van der Waals surface area contributed by atoms with Crippen molar-refractivity contribution in [2.75, 3.05) is 0 Å². The lowest BCUT2D eigenvalue weighted by Gasteiger charge is -2.05. The molecule has 0 saturated carbocycles. The maximum Gasteiger partial charge on any atom is 0.170 e. The zero-order chi connectivity index (χ0) is 13.1.